The van der Waals surface area contributed by atoms with E-state index in [9.17, 15) is 13.2 Å². The van der Waals surface area contributed by atoms with Crippen LogP contribution in [0.15, 0.2) is 65.0 Å². The summed E-state index contributed by atoms with van der Waals surface area (Å²) in [5.74, 6) is -0.250. The van der Waals surface area contributed by atoms with Crippen molar-refractivity contribution in [3.05, 3.63) is 71.2 Å². The molecule has 0 unspecified atom stereocenters. The normalized spacial score (nSPS) is 11.1. The molecule has 0 saturated heterocycles. The molecule has 0 aliphatic rings. The zero-order valence-corrected chi connectivity index (χ0v) is 14.9. The highest BCUT2D eigenvalue weighted by Gasteiger charge is 2.15. The molecular weight excluding hydrogens is 358 g/mol. The molecule has 8 heteroatoms. The van der Waals surface area contributed by atoms with E-state index in [0.29, 0.717) is 16.4 Å². The van der Waals surface area contributed by atoms with Gasteiger partial charge in [0.1, 0.15) is 0 Å². The topological polar surface area (TPSA) is 88.2 Å². The molecule has 2 aromatic carbocycles. The van der Waals surface area contributed by atoms with Crippen LogP contribution in [0.3, 0.4) is 0 Å². The highest BCUT2D eigenvalue weighted by Crippen LogP contribution is 2.20. The van der Waals surface area contributed by atoms with Crippen LogP contribution in [0.25, 0.3) is 0 Å². The Bertz CT molecular complexity index is 982. The molecule has 0 atom stereocenters. The van der Waals surface area contributed by atoms with Gasteiger partial charge in [0.25, 0.3) is 15.9 Å². The van der Waals surface area contributed by atoms with Crippen LogP contribution in [0, 0.1) is 6.92 Å². The monoisotopic (exact) mass is 373 g/mol. The van der Waals surface area contributed by atoms with Crippen LogP contribution in [0.1, 0.15) is 15.9 Å². The predicted molar refractivity (Wildman–Crippen MR) is 98.5 cm³/mol. The number of aryl methyl sites for hydroxylation is 1. The molecule has 1 aromatic heterocycles. The van der Waals surface area contributed by atoms with E-state index in [1.54, 1.807) is 29.6 Å². The molecule has 25 heavy (non-hydrogen) atoms. The van der Waals surface area contributed by atoms with E-state index < -0.39 is 10.0 Å². The number of nitrogens with zero attached hydrogens (tertiary/aromatic N) is 1. The van der Waals surface area contributed by atoms with Crippen LogP contribution < -0.4 is 10.0 Å². The molecule has 0 bridgehead atoms. The summed E-state index contributed by atoms with van der Waals surface area (Å²) >= 11 is 1.20. The van der Waals surface area contributed by atoms with Crippen LogP contribution in [0.2, 0.25) is 0 Å². The molecule has 0 spiro atoms. The number of thiazole rings is 1. The van der Waals surface area contributed by atoms with E-state index in [4.69, 9.17) is 0 Å². The smallest absolute Gasteiger partial charge is 0.263 e. The fourth-order valence-corrected chi connectivity index (χ4v) is 3.94. The fourth-order valence-electron chi connectivity index (χ4n) is 2.15. The average Bonchev–Trinajstić information content (AvgIpc) is 3.07. The summed E-state index contributed by atoms with van der Waals surface area (Å²) in [6.45, 7) is 1.91. The molecular formula is C17H15N3O3S2. The minimum absolute atomic E-state index is 0.0938. The predicted octanol–water partition coefficient (Wildman–Crippen LogP) is 3.50. The molecule has 0 fully saturated rings. The lowest BCUT2D eigenvalue weighted by Crippen LogP contribution is -2.14. The molecule has 0 aliphatic heterocycles. The largest absolute Gasteiger partial charge is 0.322 e. The van der Waals surface area contributed by atoms with Crippen molar-refractivity contribution in [3.8, 4) is 0 Å². The maximum absolute atomic E-state index is 12.3. The van der Waals surface area contributed by atoms with Gasteiger partial charge in [0, 0.05) is 22.8 Å². The van der Waals surface area contributed by atoms with E-state index >= 15 is 0 Å². The average molecular weight is 373 g/mol. The molecule has 0 saturated carbocycles. The summed E-state index contributed by atoms with van der Waals surface area (Å²) in [7, 11) is -3.70. The van der Waals surface area contributed by atoms with Gasteiger partial charge < -0.3 is 5.32 Å². The van der Waals surface area contributed by atoms with Crippen molar-refractivity contribution in [1.82, 2.24) is 4.98 Å². The first-order valence-electron chi connectivity index (χ1n) is 7.34. The number of rotatable bonds is 5. The zero-order valence-electron chi connectivity index (χ0n) is 13.3. The second-order valence-corrected chi connectivity index (χ2v) is 7.87. The Morgan fingerprint density at radius 3 is 2.52 bits per heavy atom. The number of benzene rings is 2. The molecule has 0 radical (unpaired) electrons. The number of amides is 1. The van der Waals surface area contributed by atoms with Crippen molar-refractivity contribution >= 4 is 38.1 Å². The number of hydrogen-bond acceptors (Lipinski definition) is 5. The SMILES string of the molecule is Cc1cccc(C(=O)Nc2ccc(S(=O)(=O)Nc3nccs3)cc2)c1. The van der Waals surface area contributed by atoms with Crippen molar-refractivity contribution in [2.45, 2.75) is 11.8 Å². The summed E-state index contributed by atoms with van der Waals surface area (Å²) in [5.41, 5.74) is 2.05. The Hall–Kier alpha value is -2.71. The van der Waals surface area contributed by atoms with Crippen LogP contribution in [0.4, 0.5) is 10.8 Å². The van der Waals surface area contributed by atoms with Crippen molar-refractivity contribution in [2.75, 3.05) is 10.0 Å². The van der Waals surface area contributed by atoms with E-state index in [-0.39, 0.29) is 10.8 Å². The van der Waals surface area contributed by atoms with Gasteiger partial charge in [0.15, 0.2) is 5.13 Å². The lowest BCUT2D eigenvalue weighted by Gasteiger charge is -2.08. The summed E-state index contributed by atoms with van der Waals surface area (Å²) in [6.07, 6.45) is 1.52. The van der Waals surface area contributed by atoms with E-state index in [1.807, 2.05) is 19.1 Å². The van der Waals surface area contributed by atoms with Crippen molar-refractivity contribution in [2.24, 2.45) is 0 Å². The first kappa shape index (κ1) is 17.1. The summed E-state index contributed by atoms with van der Waals surface area (Å²) in [5, 5.41) is 4.73. The third kappa shape index (κ3) is 4.23. The highest BCUT2D eigenvalue weighted by molar-refractivity contribution is 7.93. The Balaban J connectivity index is 1.73. The molecule has 0 aliphatic carbocycles. The number of anilines is 2. The Kier molecular flexibility index (Phi) is 4.82. The maximum atomic E-state index is 12.3. The van der Waals surface area contributed by atoms with Crippen LogP contribution in [-0.4, -0.2) is 19.3 Å². The van der Waals surface area contributed by atoms with Crippen LogP contribution in [-0.2, 0) is 10.0 Å². The number of sulfonamides is 1. The molecule has 3 rings (SSSR count). The Morgan fingerprint density at radius 1 is 1.12 bits per heavy atom. The van der Waals surface area contributed by atoms with Gasteiger partial charge in [-0.2, -0.15) is 0 Å². The molecule has 1 heterocycles. The van der Waals surface area contributed by atoms with Gasteiger partial charge in [-0.15, -0.1) is 11.3 Å². The number of carbonyl (C=O) groups excluding carboxylic acids is 1. The van der Waals surface area contributed by atoms with Gasteiger partial charge in [0.05, 0.1) is 4.90 Å². The van der Waals surface area contributed by atoms with Gasteiger partial charge >= 0.3 is 0 Å². The van der Waals surface area contributed by atoms with Crippen LogP contribution >= 0.6 is 11.3 Å². The zero-order chi connectivity index (χ0) is 17.9. The van der Waals surface area contributed by atoms with Gasteiger partial charge in [-0.25, -0.2) is 13.4 Å². The number of carbonyl (C=O) groups is 1. The molecule has 6 nitrogen and oxygen atoms in total. The second-order valence-electron chi connectivity index (χ2n) is 5.29. The van der Waals surface area contributed by atoms with Crippen molar-refractivity contribution < 1.29 is 13.2 Å². The van der Waals surface area contributed by atoms with Crippen LogP contribution in [0.5, 0.6) is 0 Å². The third-order valence-corrected chi connectivity index (χ3v) is 5.53. The minimum atomic E-state index is -3.70. The maximum Gasteiger partial charge on any atom is 0.263 e. The molecule has 2 N–H and O–H groups in total. The number of nitrogens with one attached hydrogen (secondary N) is 2. The quantitative estimate of drug-likeness (QED) is 0.716. The Labute approximate surface area is 149 Å². The first-order valence-corrected chi connectivity index (χ1v) is 9.71. The Morgan fingerprint density at radius 2 is 1.88 bits per heavy atom. The lowest BCUT2D eigenvalue weighted by atomic mass is 10.1. The summed E-state index contributed by atoms with van der Waals surface area (Å²) < 4.78 is 26.9. The first-order chi connectivity index (χ1) is 11.9. The fraction of sp³-hybridized carbons (Fsp3) is 0.0588. The number of aromatic nitrogens is 1. The summed E-state index contributed by atoms with van der Waals surface area (Å²) in [4.78, 5) is 16.2. The molecule has 1 amide bonds. The highest BCUT2D eigenvalue weighted by atomic mass is 32.2. The van der Waals surface area contributed by atoms with Crippen molar-refractivity contribution in [1.29, 1.82) is 0 Å². The van der Waals surface area contributed by atoms with Gasteiger partial charge in [-0.05, 0) is 43.3 Å². The van der Waals surface area contributed by atoms with Gasteiger partial charge in [0.2, 0.25) is 0 Å². The second kappa shape index (κ2) is 7.04. The van der Waals surface area contributed by atoms with Gasteiger partial charge in [-0.3, -0.25) is 9.52 Å². The van der Waals surface area contributed by atoms with E-state index in [2.05, 4.69) is 15.0 Å². The molecule has 128 valence electrons. The number of hydrogen-bond donors (Lipinski definition) is 2. The minimum Gasteiger partial charge on any atom is -0.322 e. The summed E-state index contributed by atoms with van der Waals surface area (Å²) in [6, 6.07) is 13.2. The van der Waals surface area contributed by atoms with Crippen molar-refractivity contribution in [3.63, 3.8) is 0 Å². The lowest BCUT2D eigenvalue weighted by molar-refractivity contribution is 0.102. The standard InChI is InChI=1S/C17H15N3O3S2/c1-12-3-2-4-13(11-12)16(21)19-14-5-7-15(8-6-14)25(22,23)20-17-18-9-10-24-17/h2-11H,1H3,(H,18,20)(H,19,21). The third-order valence-electron chi connectivity index (χ3n) is 3.36. The van der Waals surface area contributed by atoms with E-state index in [0.717, 1.165) is 5.56 Å². The van der Waals surface area contributed by atoms with E-state index in [1.165, 1.54) is 29.7 Å². The molecule has 3 aromatic rings. The van der Waals surface area contributed by atoms with Gasteiger partial charge in [-0.1, -0.05) is 17.7 Å².